The summed E-state index contributed by atoms with van der Waals surface area (Å²) in [5.41, 5.74) is 2.27. The van der Waals surface area contributed by atoms with Gasteiger partial charge in [0.15, 0.2) is 0 Å². The van der Waals surface area contributed by atoms with Gasteiger partial charge < -0.3 is 15.1 Å². The number of rotatable bonds is 4. The summed E-state index contributed by atoms with van der Waals surface area (Å²) in [5.74, 6) is 0. The number of hydrogen-bond donors (Lipinski definition) is 1. The zero-order valence-electron chi connectivity index (χ0n) is 13.9. The van der Waals surface area contributed by atoms with Crippen LogP contribution < -0.4 is 10.2 Å². The third-order valence-electron chi connectivity index (χ3n) is 4.37. The first kappa shape index (κ1) is 17.9. The smallest absolute Gasteiger partial charge is 0.317 e. The van der Waals surface area contributed by atoms with Gasteiger partial charge in [0, 0.05) is 38.4 Å². The van der Waals surface area contributed by atoms with E-state index in [-0.39, 0.29) is 6.03 Å². The number of nitrogens with zero attached hydrogens (tertiary/aromatic N) is 2. The van der Waals surface area contributed by atoms with Crippen LogP contribution in [-0.2, 0) is 6.42 Å². The third kappa shape index (κ3) is 4.80. The zero-order chi connectivity index (χ0) is 17.6. The third-order valence-corrected chi connectivity index (χ3v) is 5.11. The van der Waals surface area contributed by atoms with Crippen LogP contribution in [0.1, 0.15) is 5.56 Å². The van der Waals surface area contributed by atoms with E-state index in [1.807, 2.05) is 41.3 Å². The Morgan fingerprint density at radius 3 is 2.36 bits per heavy atom. The highest BCUT2D eigenvalue weighted by atomic mass is 35.5. The van der Waals surface area contributed by atoms with E-state index in [0.717, 1.165) is 25.2 Å². The van der Waals surface area contributed by atoms with Crippen LogP contribution in [0.4, 0.5) is 10.5 Å². The molecule has 2 aromatic carbocycles. The summed E-state index contributed by atoms with van der Waals surface area (Å²) in [6, 6.07) is 15.8. The Morgan fingerprint density at radius 1 is 0.960 bits per heavy atom. The Balaban J connectivity index is 1.45. The van der Waals surface area contributed by atoms with Crippen molar-refractivity contribution in [1.29, 1.82) is 0 Å². The number of carbonyl (C=O) groups is 1. The molecule has 0 spiro atoms. The van der Waals surface area contributed by atoms with Crippen LogP contribution in [0.15, 0.2) is 48.5 Å². The molecular formula is C19H21Cl2N3O. The molecule has 25 heavy (non-hydrogen) atoms. The van der Waals surface area contributed by atoms with E-state index < -0.39 is 0 Å². The summed E-state index contributed by atoms with van der Waals surface area (Å²) in [6.07, 6.45) is 0.843. The lowest BCUT2D eigenvalue weighted by molar-refractivity contribution is 0.194. The quantitative estimate of drug-likeness (QED) is 0.871. The molecule has 1 saturated heterocycles. The van der Waals surface area contributed by atoms with Crippen molar-refractivity contribution < 1.29 is 4.79 Å². The standard InChI is InChI=1S/C19H21Cl2N3O/c20-17-7-6-16(14-18(17)21)23-10-12-24(13-11-23)19(25)22-9-8-15-4-2-1-3-5-15/h1-7,14H,8-13H2,(H,22,25). The van der Waals surface area contributed by atoms with Gasteiger partial charge >= 0.3 is 6.03 Å². The predicted octanol–water partition coefficient (Wildman–Crippen LogP) is 4.07. The van der Waals surface area contributed by atoms with Crippen molar-refractivity contribution in [3.05, 3.63) is 64.1 Å². The van der Waals surface area contributed by atoms with Crippen molar-refractivity contribution >= 4 is 34.9 Å². The molecule has 0 aliphatic carbocycles. The van der Waals surface area contributed by atoms with E-state index in [1.54, 1.807) is 0 Å². The van der Waals surface area contributed by atoms with Crippen LogP contribution in [0.3, 0.4) is 0 Å². The normalized spacial score (nSPS) is 14.5. The minimum Gasteiger partial charge on any atom is -0.368 e. The molecule has 6 heteroatoms. The number of anilines is 1. The molecule has 0 atom stereocenters. The molecule has 1 heterocycles. The zero-order valence-corrected chi connectivity index (χ0v) is 15.4. The maximum atomic E-state index is 12.3. The average molecular weight is 378 g/mol. The molecule has 2 amide bonds. The number of benzene rings is 2. The Kier molecular flexibility index (Phi) is 6.05. The first-order valence-corrected chi connectivity index (χ1v) is 9.16. The summed E-state index contributed by atoms with van der Waals surface area (Å²) in [4.78, 5) is 16.4. The van der Waals surface area contributed by atoms with Crippen LogP contribution >= 0.6 is 23.2 Å². The molecule has 0 unspecified atom stereocenters. The Labute approximate surface area is 158 Å². The molecule has 1 N–H and O–H groups in total. The van der Waals surface area contributed by atoms with Gasteiger partial charge in [-0.05, 0) is 30.2 Å². The fraction of sp³-hybridized carbons (Fsp3) is 0.316. The fourth-order valence-corrected chi connectivity index (χ4v) is 3.21. The second-order valence-corrected chi connectivity index (χ2v) is 6.85. The fourth-order valence-electron chi connectivity index (χ4n) is 2.92. The molecule has 4 nitrogen and oxygen atoms in total. The van der Waals surface area contributed by atoms with Gasteiger partial charge in [-0.1, -0.05) is 53.5 Å². The summed E-state index contributed by atoms with van der Waals surface area (Å²) in [6.45, 7) is 3.60. The number of hydrogen-bond acceptors (Lipinski definition) is 2. The number of carbonyl (C=O) groups excluding carboxylic acids is 1. The summed E-state index contributed by atoms with van der Waals surface area (Å²) < 4.78 is 0. The lowest BCUT2D eigenvalue weighted by atomic mass is 10.1. The SMILES string of the molecule is O=C(NCCc1ccccc1)N1CCN(c2ccc(Cl)c(Cl)c2)CC1. The Morgan fingerprint density at radius 2 is 1.68 bits per heavy atom. The number of nitrogens with one attached hydrogen (secondary N) is 1. The molecule has 0 aromatic heterocycles. The molecule has 0 saturated carbocycles. The van der Waals surface area contributed by atoms with Gasteiger partial charge in [0.1, 0.15) is 0 Å². The number of urea groups is 1. The molecule has 0 radical (unpaired) electrons. The number of amides is 2. The highest BCUT2D eigenvalue weighted by molar-refractivity contribution is 6.42. The number of piperazine rings is 1. The molecule has 0 bridgehead atoms. The number of halogens is 2. The highest BCUT2D eigenvalue weighted by Crippen LogP contribution is 2.27. The van der Waals surface area contributed by atoms with Crippen LogP contribution in [0, 0.1) is 0 Å². The molecule has 3 rings (SSSR count). The van der Waals surface area contributed by atoms with Crippen LogP contribution in [0.2, 0.25) is 10.0 Å². The Bertz CT molecular complexity index is 716. The van der Waals surface area contributed by atoms with Crippen molar-refractivity contribution in [1.82, 2.24) is 10.2 Å². The van der Waals surface area contributed by atoms with E-state index in [4.69, 9.17) is 23.2 Å². The van der Waals surface area contributed by atoms with Crippen molar-refractivity contribution in [2.75, 3.05) is 37.6 Å². The van der Waals surface area contributed by atoms with Crippen molar-refractivity contribution in [3.63, 3.8) is 0 Å². The monoisotopic (exact) mass is 377 g/mol. The molecule has 1 aliphatic rings. The first-order valence-electron chi connectivity index (χ1n) is 8.40. The van der Waals surface area contributed by atoms with Crippen LogP contribution in [-0.4, -0.2) is 43.7 Å². The van der Waals surface area contributed by atoms with Crippen LogP contribution in [0.25, 0.3) is 0 Å². The van der Waals surface area contributed by atoms with Gasteiger partial charge in [0.05, 0.1) is 10.0 Å². The predicted molar refractivity (Wildman–Crippen MR) is 104 cm³/mol. The minimum absolute atomic E-state index is 0.00437. The van der Waals surface area contributed by atoms with E-state index >= 15 is 0 Å². The Hall–Kier alpha value is -1.91. The lowest BCUT2D eigenvalue weighted by Gasteiger charge is -2.36. The maximum absolute atomic E-state index is 12.3. The van der Waals surface area contributed by atoms with Gasteiger partial charge in [-0.3, -0.25) is 0 Å². The van der Waals surface area contributed by atoms with Gasteiger partial charge in [0.25, 0.3) is 0 Å². The first-order chi connectivity index (χ1) is 12.1. The second-order valence-electron chi connectivity index (χ2n) is 6.04. The summed E-state index contributed by atoms with van der Waals surface area (Å²) in [5, 5.41) is 4.12. The topological polar surface area (TPSA) is 35.6 Å². The molecule has 1 aliphatic heterocycles. The van der Waals surface area contributed by atoms with E-state index in [0.29, 0.717) is 29.7 Å². The maximum Gasteiger partial charge on any atom is 0.317 e. The molecule has 2 aromatic rings. The van der Waals surface area contributed by atoms with Gasteiger partial charge in [0.2, 0.25) is 0 Å². The molecule has 132 valence electrons. The minimum atomic E-state index is 0.00437. The molecular weight excluding hydrogens is 357 g/mol. The van der Waals surface area contributed by atoms with E-state index in [9.17, 15) is 4.79 Å². The van der Waals surface area contributed by atoms with Crippen molar-refractivity contribution in [2.45, 2.75) is 6.42 Å². The van der Waals surface area contributed by atoms with Gasteiger partial charge in [-0.15, -0.1) is 0 Å². The highest BCUT2D eigenvalue weighted by Gasteiger charge is 2.21. The van der Waals surface area contributed by atoms with Crippen molar-refractivity contribution in [2.24, 2.45) is 0 Å². The van der Waals surface area contributed by atoms with Crippen molar-refractivity contribution in [3.8, 4) is 0 Å². The largest absolute Gasteiger partial charge is 0.368 e. The lowest BCUT2D eigenvalue weighted by Crippen LogP contribution is -2.52. The average Bonchev–Trinajstić information content (AvgIpc) is 2.65. The summed E-state index contributed by atoms with van der Waals surface area (Å²) >= 11 is 12.1. The molecule has 1 fully saturated rings. The van der Waals surface area contributed by atoms with Crippen LogP contribution in [0.5, 0.6) is 0 Å². The van der Waals surface area contributed by atoms with Gasteiger partial charge in [-0.2, -0.15) is 0 Å². The van der Waals surface area contributed by atoms with E-state index in [1.165, 1.54) is 5.56 Å². The van der Waals surface area contributed by atoms with E-state index in [2.05, 4.69) is 22.3 Å². The van der Waals surface area contributed by atoms with Gasteiger partial charge in [-0.25, -0.2) is 4.79 Å². The summed E-state index contributed by atoms with van der Waals surface area (Å²) in [7, 11) is 0. The second kappa shape index (κ2) is 8.45.